The molecule has 4 rings (SSSR count). The highest BCUT2D eigenvalue weighted by atomic mass is 19.4. The van der Waals surface area contributed by atoms with Gasteiger partial charge in [0.1, 0.15) is 12.5 Å². The van der Waals surface area contributed by atoms with Gasteiger partial charge in [-0.3, -0.25) is 4.79 Å². The lowest BCUT2D eigenvalue weighted by Gasteiger charge is -2.29. The van der Waals surface area contributed by atoms with Crippen molar-refractivity contribution in [3.63, 3.8) is 0 Å². The van der Waals surface area contributed by atoms with Gasteiger partial charge in [0, 0.05) is 0 Å². The molecule has 4 nitrogen and oxygen atoms in total. The van der Waals surface area contributed by atoms with Crippen molar-refractivity contribution in [3.05, 3.63) is 89.5 Å². The minimum absolute atomic E-state index is 0.0394. The molecule has 1 fully saturated rings. The third kappa shape index (κ3) is 6.08. The van der Waals surface area contributed by atoms with Crippen LogP contribution in [0.4, 0.5) is 13.2 Å². The summed E-state index contributed by atoms with van der Waals surface area (Å²) in [6, 6.07) is 19.5. The van der Waals surface area contributed by atoms with Gasteiger partial charge in [0.05, 0.1) is 24.1 Å². The molecule has 0 spiro atoms. The van der Waals surface area contributed by atoms with Crippen LogP contribution in [0.15, 0.2) is 72.8 Å². The van der Waals surface area contributed by atoms with Crippen LogP contribution >= 0.6 is 0 Å². The van der Waals surface area contributed by atoms with Crippen molar-refractivity contribution in [2.45, 2.75) is 44.8 Å². The molecule has 0 radical (unpaired) electrons. The summed E-state index contributed by atoms with van der Waals surface area (Å²) < 4.78 is 44.6. The SMILES string of the molecule is CC(C)CC(C(=O)N1COCC1Cc1ccccc1)c1cc(O)cc(-c2ccc(C(F)(F)F)cc2)c1. The van der Waals surface area contributed by atoms with Crippen LogP contribution < -0.4 is 0 Å². The van der Waals surface area contributed by atoms with Gasteiger partial charge in [-0.2, -0.15) is 13.2 Å². The quantitative estimate of drug-likeness (QED) is 0.398. The second kappa shape index (κ2) is 10.7. The molecule has 190 valence electrons. The van der Waals surface area contributed by atoms with Gasteiger partial charge in [0.25, 0.3) is 0 Å². The number of hydrogen-bond donors (Lipinski definition) is 1. The van der Waals surface area contributed by atoms with Crippen LogP contribution in [0.1, 0.15) is 42.9 Å². The van der Waals surface area contributed by atoms with E-state index >= 15 is 0 Å². The summed E-state index contributed by atoms with van der Waals surface area (Å²) in [5, 5.41) is 10.5. The maximum absolute atomic E-state index is 13.8. The van der Waals surface area contributed by atoms with Crippen molar-refractivity contribution in [1.29, 1.82) is 0 Å². The Morgan fingerprint density at radius 3 is 2.36 bits per heavy atom. The highest BCUT2D eigenvalue weighted by Crippen LogP contribution is 2.36. The molecule has 7 heteroatoms. The summed E-state index contributed by atoms with van der Waals surface area (Å²) in [5.41, 5.74) is 2.10. The Hall–Kier alpha value is -3.32. The second-order valence-corrected chi connectivity index (χ2v) is 9.72. The number of phenolic OH excluding ortho intramolecular Hbond substituents is 1. The van der Waals surface area contributed by atoms with Crippen molar-refractivity contribution < 1.29 is 27.8 Å². The number of halogens is 3. The number of nitrogens with zero attached hydrogens (tertiary/aromatic N) is 1. The smallest absolute Gasteiger partial charge is 0.416 e. The number of hydrogen-bond acceptors (Lipinski definition) is 3. The summed E-state index contributed by atoms with van der Waals surface area (Å²) >= 11 is 0. The lowest BCUT2D eigenvalue weighted by molar-refractivity contribution is -0.137. The molecule has 2 atom stereocenters. The number of alkyl halides is 3. The monoisotopic (exact) mass is 497 g/mol. The molecule has 1 heterocycles. The summed E-state index contributed by atoms with van der Waals surface area (Å²) in [5.74, 6) is -0.439. The number of carbonyl (C=O) groups is 1. The third-order valence-corrected chi connectivity index (χ3v) is 6.47. The predicted molar refractivity (Wildman–Crippen MR) is 132 cm³/mol. The van der Waals surface area contributed by atoms with E-state index in [9.17, 15) is 23.1 Å². The lowest BCUT2D eigenvalue weighted by Crippen LogP contribution is -2.41. The Morgan fingerprint density at radius 1 is 1.03 bits per heavy atom. The summed E-state index contributed by atoms with van der Waals surface area (Å²) in [7, 11) is 0. The molecule has 1 N–H and O–H groups in total. The van der Waals surface area contributed by atoms with Gasteiger partial charge in [0.2, 0.25) is 5.91 Å². The van der Waals surface area contributed by atoms with E-state index in [-0.39, 0.29) is 30.3 Å². The van der Waals surface area contributed by atoms with Crippen LogP contribution in [0.5, 0.6) is 5.75 Å². The van der Waals surface area contributed by atoms with E-state index in [0.717, 1.165) is 17.7 Å². The molecule has 1 amide bonds. The minimum Gasteiger partial charge on any atom is -0.508 e. The minimum atomic E-state index is -4.43. The Bertz CT molecular complexity index is 1180. The molecule has 0 bridgehead atoms. The third-order valence-electron chi connectivity index (χ3n) is 6.47. The van der Waals surface area contributed by atoms with E-state index < -0.39 is 17.7 Å². The van der Waals surface area contributed by atoms with E-state index in [1.165, 1.54) is 18.2 Å². The van der Waals surface area contributed by atoms with Crippen molar-refractivity contribution in [2.75, 3.05) is 13.3 Å². The van der Waals surface area contributed by atoms with Crippen LogP contribution in [-0.2, 0) is 22.1 Å². The van der Waals surface area contributed by atoms with Gasteiger partial charge < -0.3 is 14.7 Å². The molecule has 2 unspecified atom stereocenters. The van der Waals surface area contributed by atoms with Gasteiger partial charge in [0.15, 0.2) is 0 Å². The molecule has 3 aromatic carbocycles. The van der Waals surface area contributed by atoms with Gasteiger partial charge >= 0.3 is 6.18 Å². The van der Waals surface area contributed by atoms with E-state index in [1.807, 2.05) is 44.2 Å². The zero-order valence-corrected chi connectivity index (χ0v) is 20.3. The van der Waals surface area contributed by atoms with Gasteiger partial charge in [-0.05, 0) is 65.3 Å². The van der Waals surface area contributed by atoms with Crippen molar-refractivity contribution in [2.24, 2.45) is 5.92 Å². The normalized spacial score (nSPS) is 16.9. The molecule has 0 aliphatic carbocycles. The Morgan fingerprint density at radius 2 is 1.72 bits per heavy atom. The average Bonchev–Trinajstić information content (AvgIpc) is 3.30. The number of phenols is 1. The number of benzene rings is 3. The fourth-order valence-corrected chi connectivity index (χ4v) is 4.69. The van der Waals surface area contributed by atoms with Crippen molar-refractivity contribution in [1.82, 2.24) is 4.90 Å². The highest BCUT2D eigenvalue weighted by Gasteiger charge is 2.35. The molecule has 1 saturated heterocycles. The molecule has 1 aliphatic heterocycles. The zero-order chi connectivity index (χ0) is 25.9. The zero-order valence-electron chi connectivity index (χ0n) is 20.3. The first kappa shape index (κ1) is 25.8. The maximum Gasteiger partial charge on any atom is 0.416 e. The maximum atomic E-state index is 13.8. The average molecular weight is 498 g/mol. The topological polar surface area (TPSA) is 49.8 Å². The molecule has 0 saturated carbocycles. The summed E-state index contributed by atoms with van der Waals surface area (Å²) in [6.45, 7) is 4.71. The number of amides is 1. The van der Waals surface area contributed by atoms with Crippen LogP contribution in [0.3, 0.4) is 0 Å². The first-order valence-corrected chi connectivity index (χ1v) is 12.1. The van der Waals surface area contributed by atoms with Crippen molar-refractivity contribution in [3.8, 4) is 16.9 Å². The van der Waals surface area contributed by atoms with Crippen LogP contribution in [-0.4, -0.2) is 35.3 Å². The number of carbonyl (C=O) groups excluding carboxylic acids is 1. The standard InChI is InChI=1S/C29H30F3NO3/c1-19(2)12-27(28(35)33-18-36-17-25(33)13-20-6-4-3-5-7-20)23-14-22(15-26(34)16-23)21-8-10-24(11-9-21)29(30,31)32/h3-11,14-16,19,25,27,34H,12-13,17-18H2,1-2H3. The largest absolute Gasteiger partial charge is 0.508 e. The molecular formula is C29H30F3NO3. The number of ether oxygens (including phenoxy) is 1. The summed E-state index contributed by atoms with van der Waals surface area (Å²) in [6.07, 6.45) is -3.19. The van der Waals surface area contributed by atoms with Gasteiger partial charge in [-0.15, -0.1) is 0 Å². The summed E-state index contributed by atoms with van der Waals surface area (Å²) in [4.78, 5) is 15.6. The first-order valence-electron chi connectivity index (χ1n) is 12.1. The number of aromatic hydroxyl groups is 1. The number of rotatable bonds is 7. The van der Waals surface area contributed by atoms with E-state index in [0.29, 0.717) is 36.1 Å². The molecule has 1 aliphatic rings. The fourth-order valence-electron chi connectivity index (χ4n) is 4.69. The van der Waals surface area contributed by atoms with Crippen molar-refractivity contribution >= 4 is 5.91 Å². The lowest BCUT2D eigenvalue weighted by atomic mass is 9.87. The molecule has 36 heavy (non-hydrogen) atoms. The molecule has 0 aromatic heterocycles. The second-order valence-electron chi connectivity index (χ2n) is 9.72. The van der Waals surface area contributed by atoms with E-state index in [1.54, 1.807) is 17.0 Å². The predicted octanol–water partition coefficient (Wildman–Crippen LogP) is 6.64. The van der Waals surface area contributed by atoms with Crippen LogP contribution in [0, 0.1) is 5.92 Å². The van der Waals surface area contributed by atoms with Gasteiger partial charge in [-0.25, -0.2) is 0 Å². The van der Waals surface area contributed by atoms with Crippen LogP contribution in [0.2, 0.25) is 0 Å². The Balaban J connectivity index is 1.63. The van der Waals surface area contributed by atoms with Crippen LogP contribution in [0.25, 0.3) is 11.1 Å². The first-order chi connectivity index (χ1) is 17.1. The molecule has 3 aromatic rings. The highest BCUT2D eigenvalue weighted by molar-refractivity contribution is 5.85. The Kier molecular flexibility index (Phi) is 7.69. The fraction of sp³-hybridized carbons (Fsp3) is 0.345. The van der Waals surface area contributed by atoms with E-state index in [4.69, 9.17) is 4.74 Å². The van der Waals surface area contributed by atoms with Gasteiger partial charge in [-0.1, -0.05) is 62.4 Å². The molecular weight excluding hydrogens is 467 g/mol. The van der Waals surface area contributed by atoms with E-state index in [2.05, 4.69) is 0 Å². The Labute approximate surface area is 209 Å².